The third kappa shape index (κ3) is 9.22. The molecule has 0 spiro atoms. The van der Waals surface area contributed by atoms with Crippen molar-refractivity contribution in [1.29, 1.82) is 0 Å². The highest BCUT2D eigenvalue weighted by Crippen LogP contribution is 2.32. The van der Waals surface area contributed by atoms with Gasteiger partial charge in [0.15, 0.2) is 6.29 Å². The van der Waals surface area contributed by atoms with Crippen LogP contribution in [0.1, 0.15) is 32.9 Å². The first-order valence-corrected chi connectivity index (χ1v) is 15.7. The highest BCUT2D eigenvalue weighted by molar-refractivity contribution is 5.85. The molecule has 9 nitrogen and oxygen atoms in total. The lowest BCUT2D eigenvalue weighted by Gasteiger charge is -2.45. The van der Waals surface area contributed by atoms with Crippen molar-refractivity contribution in [2.24, 2.45) is 0 Å². The number of aromatic amines is 1. The lowest BCUT2D eigenvalue weighted by atomic mass is 9.97. The number of benzene rings is 4. The van der Waals surface area contributed by atoms with Crippen molar-refractivity contribution in [2.75, 3.05) is 6.61 Å². The van der Waals surface area contributed by atoms with Gasteiger partial charge in [-0.2, -0.15) is 0 Å². The molecule has 1 saturated heterocycles. The summed E-state index contributed by atoms with van der Waals surface area (Å²) in [5.41, 5.74) is 3.94. The summed E-state index contributed by atoms with van der Waals surface area (Å²) in [5, 5.41) is 0. The van der Waals surface area contributed by atoms with Gasteiger partial charge in [0, 0.05) is 12.4 Å². The van der Waals surface area contributed by atoms with Gasteiger partial charge in [-0.3, -0.25) is 0 Å². The summed E-state index contributed by atoms with van der Waals surface area (Å²) in [6.07, 6.45) is -0.616. The number of nitrogens with zero attached hydrogens (tertiary/aromatic N) is 1. The number of aromatic nitrogens is 2. The fraction of sp³-hybridized carbons (Fsp3) is 0.263. The summed E-state index contributed by atoms with van der Waals surface area (Å²) in [5.74, 6) is -0.508. The summed E-state index contributed by atoms with van der Waals surface area (Å²) in [6, 6.07) is 39.5. The minimum absolute atomic E-state index is 0.0976. The Labute approximate surface area is 274 Å². The Kier molecular flexibility index (Phi) is 11.5. The molecule has 0 saturated carbocycles. The number of hydrogen-bond acceptors (Lipinski definition) is 8. The Balaban J connectivity index is 1.31. The third-order valence-electron chi connectivity index (χ3n) is 7.77. The SMILES string of the molecule is O=C(OC[C@H]1O[C@H](OCc2ccccc2)[C@H](OCc2ccccc2)[C@@H](OCc2ccccc2)[C@@H]1OCc1ccccc1)c1ncc[nH]1. The van der Waals surface area contributed by atoms with Crippen LogP contribution in [0.2, 0.25) is 0 Å². The van der Waals surface area contributed by atoms with Gasteiger partial charge >= 0.3 is 5.97 Å². The highest BCUT2D eigenvalue weighted by Gasteiger charge is 2.49. The van der Waals surface area contributed by atoms with Crippen LogP contribution < -0.4 is 0 Å². The second kappa shape index (κ2) is 16.8. The van der Waals surface area contributed by atoms with Crippen molar-refractivity contribution in [2.45, 2.75) is 57.1 Å². The van der Waals surface area contributed by atoms with Crippen molar-refractivity contribution in [3.8, 4) is 0 Å². The molecule has 0 radical (unpaired) electrons. The molecule has 47 heavy (non-hydrogen) atoms. The van der Waals surface area contributed by atoms with E-state index in [2.05, 4.69) is 9.97 Å². The van der Waals surface area contributed by atoms with E-state index < -0.39 is 36.7 Å². The number of carbonyl (C=O) groups excluding carboxylic acids is 1. The Morgan fingerprint density at radius 2 is 1.04 bits per heavy atom. The number of nitrogens with one attached hydrogen (secondary N) is 1. The molecule has 9 heteroatoms. The van der Waals surface area contributed by atoms with E-state index in [9.17, 15) is 4.79 Å². The summed E-state index contributed by atoms with van der Waals surface area (Å²) < 4.78 is 38.6. The standard InChI is InChI=1S/C38H38N2O7/c41-37(36-39-21-22-40-36)45-27-32-33(42-23-28-13-5-1-6-14-28)34(43-24-29-15-7-2-8-16-29)35(44-25-30-17-9-3-10-18-30)38(47-32)46-26-31-19-11-4-12-20-31/h1-22,32-35,38H,23-27H2,(H,39,40)/t32-,33-,34+,35-,38+/m1/s1. The lowest BCUT2D eigenvalue weighted by molar-refractivity contribution is -0.329. The molecular weight excluding hydrogens is 596 g/mol. The molecule has 242 valence electrons. The minimum Gasteiger partial charge on any atom is -0.457 e. The Hall–Kier alpha value is -4.64. The lowest BCUT2D eigenvalue weighted by Crippen LogP contribution is -2.61. The van der Waals surface area contributed by atoms with Crippen LogP contribution in [0.15, 0.2) is 134 Å². The molecule has 6 rings (SSSR count). The third-order valence-corrected chi connectivity index (χ3v) is 7.77. The highest BCUT2D eigenvalue weighted by atomic mass is 16.7. The van der Waals surface area contributed by atoms with Gasteiger partial charge < -0.3 is 33.4 Å². The van der Waals surface area contributed by atoms with Gasteiger partial charge in [-0.25, -0.2) is 9.78 Å². The van der Waals surface area contributed by atoms with Gasteiger partial charge in [0.05, 0.1) is 26.4 Å². The number of hydrogen-bond donors (Lipinski definition) is 1. The average molecular weight is 635 g/mol. The molecule has 1 aliphatic rings. The van der Waals surface area contributed by atoms with Gasteiger partial charge in [0.25, 0.3) is 0 Å². The van der Waals surface area contributed by atoms with Crippen LogP contribution in [0.4, 0.5) is 0 Å². The van der Waals surface area contributed by atoms with Gasteiger partial charge in [-0.15, -0.1) is 0 Å². The molecule has 2 heterocycles. The first-order valence-electron chi connectivity index (χ1n) is 15.7. The smallest absolute Gasteiger partial charge is 0.374 e. The first kappa shape index (κ1) is 32.3. The van der Waals surface area contributed by atoms with E-state index in [0.29, 0.717) is 13.2 Å². The molecule has 1 fully saturated rings. The molecular formula is C38H38N2O7. The molecule has 1 N–H and O–H groups in total. The zero-order chi connectivity index (χ0) is 32.1. The zero-order valence-electron chi connectivity index (χ0n) is 25.9. The Morgan fingerprint density at radius 1 is 0.596 bits per heavy atom. The van der Waals surface area contributed by atoms with Crippen LogP contribution in [0.5, 0.6) is 0 Å². The number of rotatable bonds is 15. The molecule has 0 aliphatic carbocycles. The van der Waals surface area contributed by atoms with Crippen molar-refractivity contribution in [3.05, 3.63) is 162 Å². The Bertz CT molecular complexity index is 1610. The van der Waals surface area contributed by atoms with E-state index in [0.717, 1.165) is 22.3 Å². The average Bonchev–Trinajstić information content (AvgIpc) is 3.68. The summed E-state index contributed by atoms with van der Waals surface area (Å²) in [6.45, 7) is 1.03. The first-order chi connectivity index (χ1) is 23.2. The molecule has 0 unspecified atom stereocenters. The molecule has 0 amide bonds. The molecule has 1 aromatic heterocycles. The van der Waals surface area contributed by atoms with Crippen LogP contribution in [-0.2, 0) is 54.8 Å². The number of imidazole rings is 1. The van der Waals surface area contributed by atoms with Crippen molar-refractivity contribution in [1.82, 2.24) is 9.97 Å². The van der Waals surface area contributed by atoms with Gasteiger partial charge in [-0.1, -0.05) is 121 Å². The van der Waals surface area contributed by atoms with Crippen LogP contribution in [-0.4, -0.2) is 53.3 Å². The second-order valence-corrected chi connectivity index (χ2v) is 11.2. The summed E-state index contributed by atoms with van der Waals surface area (Å²) in [4.78, 5) is 19.7. The number of H-pyrrole nitrogens is 1. The van der Waals surface area contributed by atoms with Crippen LogP contribution >= 0.6 is 0 Å². The predicted molar refractivity (Wildman–Crippen MR) is 174 cm³/mol. The monoisotopic (exact) mass is 634 g/mol. The maximum atomic E-state index is 12.8. The summed E-state index contributed by atoms with van der Waals surface area (Å²) >= 11 is 0. The van der Waals surface area contributed by atoms with Crippen LogP contribution in [0, 0.1) is 0 Å². The maximum absolute atomic E-state index is 12.8. The van der Waals surface area contributed by atoms with Gasteiger partial charge in [-0.05, 0) is 22.3 Å². The molecule has 5 atom stereocenters. The predicted octanol–water partition coefficient (Wildman–Crippen LogP) is 6.26. The molecule has 4 aromatic carbocycles. The van der Waals surface area contributed by atoms with Gasteiger partial charge in [0.2, 0.25) is 5.82 Å². The minimum atomic E-state index is -0.872. The van der Waals surface area contributed by atoms with Crippen LogP contribution in [0.25, 0.3) is 0 Å². The van der Waals surface area contributed by atoms with E-state index in [-0.39, 0.29) is 25.6 Å². The quantitative estimate of drug-likeness (QED) is 0.135. The topological polar surface area (TPSA) is 101 Å². The fourth-order valence-electron chi connectivity index (χ4n) is 5.37. The van der Waals surface area contributed by atoms with Crippen molar-refractivity contribution in [3.63, 3.8) is 0 Å². The molecule has 1 aliphatic heterocycles. The maximum Gasteiger partial charge on any atom is 0.374 e. The van der Waals surface area contributed by atoms with E-state index in [1.54, 1.807) is 6.20 Å². The normalized spacial score (nSPS) is 20.9. The van der Waals surface area contributed by atoms with E-state index >= 15 is 0 Å². The molecule has 0 bridgehead atoms. The molecule has 5 aromatic rings. The van der Waals surface area contributed by atoms with Crippen molar-refractivity contribution >= 4 is 5.97 Å². The fourth-order valence-corrected chi connectivity index (χ4v) is 5.37. The second-order valence-electron chi connectivity index (χ2n) is 11.2. The van der Waals surface area contributed by atoms with E-state index in [1.807, 2.05) is 121 Å². The Morgan fingerprint density at radius 3 is 1.51 bits per heavy atom. The van der Waals surface area contributed by atoms with E-state index in [4.69, 9.17) is 28.4 Å². The van der Waals surface area contributed by atoms with Crippen LogP contribution in [0.3, 0.4) is 0 Å². The summed E-state index contributed by atoms with van der Waals surface area (Å²) in [7, 11) is 0. The van der Waals surface area contributed by atoms with E-state index in [1.165, 1.54) is 6.20 Å². The van der Waals surface area contributed by atoms with Gasteiger partial charge in [0.1, 0.15) is 31.0 Å². The number of esters is 1. The van der Waals surface area contributed by atoms with Crippen molar-refractivity contribution < 1.29 is 33.2 Å². The zero-order valence-corrected chi connectivity index (χ0v) is 25.9. The number of carbonyl (C=O) groups is 1. The largest absolute Gasteiger partial charge is 0.457 e. The number of ether oxygens (including phenoxy) is 6.